The average Bonchev–Trinajstić information content (AvgIpc) is 3.56. The number of phosphoric acid groups is 1. The molecule has 0 radical (unpaired) electrons. The van der Waals surface area contributed by atoms with Crippen LogP contribution in [0.1, 0.15) is 361 Å². The van der Waals surface area contributed by atoms with Gasteiger partial charge in [-0.05, 0) is 57.8 Å². The zero-order valence-electron chi connectivity index (χ0n) is 56.7. The zero-order chi connectivity index (χ0) is 61.2. The van der Waals surface area contributed by atoms with Crippen molar-refractivity contribution in [2.75, 3.05) is 40.9 Å². The Morgan fingerprint density at radius 3 is 1.05 bits per heavy atom. The molecule has 0 rings (SSSR count). The lowest BCUT2D eigenvalue weighted by Crippen LogP contribution is -2.45. The molecule has 84 heavy (non-hydrogen) atoms. The predicted molar refractivity (Wildman–Crippen MR) is 369 cm³/mol. The van der Waals surface area contributed by atoms with E-state index in [4.69, 9.17) is 9.05 Å². The van der Waals surface area contributed by atoms with Crippen molar-refractivity contribution < 1.29 is 32.9 Å². The highest BCUT2D eigenvalue weighted by atomic mass is 31.2. The highest BCUT2D eigenvalue weighted by Crippen LogP contribution is 2.43. The molecule has 1 amide bonds. The number of aliphatic hydroxyl groups excluding tert-OH is 1. The zero-order valence-corrected chi connectivity index (χ0v) is 57.5. The highest BCUT2D eigenvalue weighted by molar-refractivity contribution is 7.47. The number of carbonyl (C=O) groups excluding carboxylic acids is 1. The van der Waals surface area contributed by atoms with Gasteiger partial charge >= 0.3 is 7.82 Å². The van der Waals surface area contributed by atoms with E-state index in [1.807, 2.05) is 27.2 Å². The molecule has 0 aromatic carbocycles. The maximum absolute atomic E-state index is 13.1. The quantitative estimate of drug-likeness (QED) is 0.0243. The number of likely N-dealkylation sites (N-methyl/N-ethyl adjacent to an activating group) is 1. The van der Waals surface area contributed by atoms with Gasteiger partial charge < -0.3 is 19.8 Å². The number of aliphatic hydroxyl groups is 1. The molecule has 0 spiro atoms. The van der Waals surface area contributed by atoms with Crippen LogP contribution in [-0.2, 0) is 18.4 Å². The smallest absolute Gasteiger partial charge is 0.387 e. The van der Waals surface area contributed by atoms with Crippen LogP contribution in [-0.4, -0.2) is 73.4 Å². The van der Waals surface area contributed by atoms with Crippen LogP contribution in [0.5, 0.6) is 0 Å². The van der Waals surface area contributed by atoms with E-state index in [1.165, 1.54) is 276 Å². The maximum Gasteiger partial charge on any atom is 0.472 e. The van der Waals surface area contributed by atoms with Crippen molar-refractivity contribution in [1.82, 2.24) is 5.32 Å². The number of phosphoric ester groups is 1. The number of hydrogen-bond donors (Lipinski definition) is 3. The lowest BCUT2D eigenvalue weighted by molar-refractivity contribution is -0.870. The fourth-order valence-electron chi connectivity index (χ4n) is 11.1. The van der Waals surface area contributed by atoms with Crippen LogP contribution in [0.4, 0.5) is 0 Å². The van der Waals surface area contributed by atoms with Gasteiger partial charge in [-0.25, -0.2) is 4.57 Å². The Kier molecular flexibility index (Phi) is 64.2. The van der Waals surface area contributed by atoms with Crippen molar-refractivity contribution in [2.45, 2.75) is 373 Å². The summed E-state index contributed by atoms with van der Waals surface area (Å²) in [6, 6.07) is -0.849. The first-order valence-electron chi connectivity index (χ1n) is 36.7. The van der Waals surface area contributed by atoms with Crippen LogP contribution in [0.25, 0.3) is 0 Å². The Morgan fingerprint density at radius 1 is 0.417 bits per heavy atom. The number of unbranched alkanes of at least 4 members (excludes halogenated alkanes) is 47. The molecular formula is C75H144N2O6P+. The molecule has 0 heterocycles. The van der Waals surface area contributed by atoms with Gasteiger partial charge in [0.25, 0.3) is 0 Å². The Bertz CT molecular complexity index is 1550. The predicted octanol–water partition coefficient (Wildman–Crippen LogP) is 23.6. The third-order valence-corrected chi connectivity index (χ3v) is 17.7. The van der Waals surface area contributed by atoms with Gasteiger partial charge in [-0.2, -0.15) is 0 Å². The van der Waals surface area contributed by atoms with Crippen LogP contribution in [0.3, 0.4) is 0 Å². The summed E-state index contributed by atoms with van der Waals surface area (Å²) in [5.74, 6) is -0.171. The Balaban J connectivity index is 4.02. The number of nitrogens with one attached hydrogen (secondary N) is 1. The monoisotopic (exact) mass is 1200 g/mol. The second-order valence-corrected chi connectivity index (χ2v) is 27.7. The number of amides is 1. The van der Waals surface area contributed by atoms with E-state index in [-0.39, 0.29) is 19.1 Å². The molecular weight excluding hydrogens is 1060 g/mol. The molecule has 0 aliphatic carbocycles. The lowest BCUT2D eigenvalue weighted by Gasteiger charge is -2.25. The van der Waals surface area contributed by atoms with E-state index < -0.39 is 20.0 Å². The first-order chi connectivity index (χ1) is 41.0. The van der Waals surface area contributed by atoms with Gasteiger partial charge in [0, 0.05) is 6.42 Å². The standard InChI is InChI=1S/C75H143N2O6P/c1-6-8-10-12-14-16-18-20-22-24-26-28-30-32-34-36-38-40-42-44-46-48-50-52-54-56-58-60-62-64-66-68-74(78)73(72-83-84(80,81)82-71-70-77(3,4)5)76-75(79)69-67-65-63-61-59-57-55-53-51-49-47-45-43-41-39-37-35-33-31-29-27-25-23-21-19-17-15-13-11-9-7-2/h9,11,15,17,21,23,27,29,66,68,73-74,78H,6-8,10,12-14,16,18-20,22,24-26,28,30-65,67,69-72H2,1-5H3,(H-,76,79,80,81)/p+1/b11-9-,17-15-,23-21-,29-27-,68-66+. The lowest BCUT2D eigenvalue weighted by atomic mass is 10.0. The van der Waals surface area contributed by atoms with Crippen LogP contribution in [0.2, 0.25) is 0 Å². The first kappa shape index (κ1) is 82.2. The molecule has 9 heteroatoms. The third-order valence-electron chi connectivity index (χ3n) is 16.7. The van der Waals surface area contributed by atoms with Crippen molar-refractivity contribution >= 4 is 13.7 Å². The van der Waals surface area contributed by atoms with E-state index in [0.29, 0.717) is 17.4 Å². The summed E-state index contributed by atoms with van der Waals surface area (Å²) in [6.45, 7) is 4.76. The minimum Gasteiger partial charge on any atom is -0.387 e. The van der Waals surface area contributed by atoms with Gasteiger partial charge in [0.1, 0.15) is 13.2 Å². The fraction of sp³-hybridized carbons (Fsp3) is 0.853. The van der Waals surface area contributed by atoms with E-state index in [1.54, 1.807) is 6.08 Å². The molecule has 3 unspecified atom stereocenters. The van der Waals surface area contributed by atoms with Crippen molar-refractivity contribution in [3.63, 3.8) is 0 Å². The number of nitrogens with zero attached hydrogens (tertiary/aromatic N) is 1. The van der Waals surface area contributed by atoms with Crippen LogP contribution >= 0.6 is 7.82 Å². The number of allylic oxidation sites excluding steroid dienone is 9. The minimum absolute atomic E-state index is 0.0621. The summed E-state index contributed by atoms with van der Waals surface area (Å²) in [5.41, 5.74) is 0. The molecule has 0 aliphatic rings. The van der Waals surface area contributed by atoms with Crippen molar-refractivity contribution in [2.24, 2.45) is 0 Å². The van der Waals surface area contributed by atoms with E-state index >= 15 is 0 Å². The summed E-state index contributed by atoms with van der Waals surface area (Å²) >= 11 is 0. The van der Waals surface area contributed by atoms with Crippen molar-refractivity contribution in [3.8, 4) is 0 Å². The average molecular weight is 1200 g/mol. The molecule has 0 aromatic rings. The van der Waals surface area contributed by atoms with Crippen molar-refractivity contribution in [3.05, 3.63) is 60.8 Å². The summed E-state index contributed by atoms with van der Waals surface area (Å²) in [4.78, 5) is 23.5. The number of quaternary nitrogens is 1. The molecule has 0 saturated heterocycles. The van der Waals surface area contributed by atoms with Crippen LogP contribution < -0.4 is 5.32 Å². The fourth-order valence-corrected chi connectivity index (χ4v) is 11.8. The topological polar surface area (TPSA) is 105 Å². The van der Waals surface area contributed by atoms with Gasteiger partial charge in [0.2, 0.25) is 5.91 Å². The van der Waals surface area contributed by atoms with E-state index in [9.17, 15) is 19.4 Å². The van der Waals surface area contributed by atoms with Gasteiger partial charge in [-0.15, -0.1) is 0 Å². The van der Waals surface area contributed by atoms with Crippen LogP contribution in [0, 0.1) is 0 Å². The molecule has 0 fully saturated rings. The molecule has 3 atom stereocenters. The summed E-state index contributed by atoms with van der Waals surface area (Å²) in [6.07, 6.45) is 91.0. The molecule has 0 saturated carbocycles. The number of hydrogen-bond acceptors (Lipinski definition) is 5. The third kappa shape index (κ3) is 67.7. The van der Waals surface area contributed by atoms with Gasteiger partial charge in [-0.1, -0.05) is 357 Å². The molecule has 494 valence electrons. The number of carbonyl (C=O) groups is 1. The summed E-state index contributed by atoms with van der Waals surface area (Å²) in [7, 11) is 1.59. The second kappa shape index (κ2) is 65.6. The van der Waals surface area contributed by atoms with Gasteiger partial charge in [-0.3, -0.25) is 13.8 Å². The Hall–Kier alpha value is -1.80. The molecule has 3 N–H and O–H groups in total. The normalized spacial score (nSPS) is 13.9. The largest absolute Gasteiger partial charge is 0.472 e. The molecule has 8 nitrogen and oxygen atoms in total. The molecule has 0 bridgehead atoms. The molecule has 0 aliphatic heterocycles. The van der Waals surface area contributed by atoms with Crippen LogP contribution in [0.15, 0.2) is 60.8 Å². The number of rotatable bonds is 68. The molecule has 0 aromatic heterocycles. The summed E-state index contributed by atoms with van der Waals surface area (Å²) < 4.78 is 23.9. The van der Waals surface area contributed by atoms with E-state index in [0.717, 1.165) is 64.2 Å². The maximum atomic E-state index is 13.1. The van der Waals surface area contributed by atoms with Crippen molar-refractivity contribution in [1.29, 1.82) is 0 Å². The first-order valence-corrected chi connectivity index (χ1v) is 38.2. The summed E-state index contributed by atoms with van der Waals surface area (Å²) in [5, 5.41) is 14.0. The van der Waals surface area contributed by atoms with E-state index in [2.05, 4.69) is 67.8 Å². The van der Waals surface area contributed by atoms with Gasteiger partial charge in [0.15, 0.2) is 0 Å². The van der Waals surface area contributed by atoms with Gasteiger partial charge in [0.05, 0.1) is 39.9 Å². The minimum atomic E-state index is -4.36. The Morgan fingerprint density at radius 2 is 0.714 bits per heavy atom. The highest BCUT2D eigenvalue weighted by Gasteiger charge is 2.28. The SMILES string of the molecule is CC/C=C\C/C=C\C/C=C\C/C=C\CCCCCCCCCCCCCCCCCCCCC(=O)NC(COP(=O)(O)OCC[N+](C)(C)C)C(O)/C=C/CCCCCCCCCCCCCCCCCCCCCCCCCCCCCCC. The Labute approximate surface area is 523 Å². The second-order valence-electron chi connectivity index (χ2n) is 26.3.